The number of benzene rings is 5. The van der Waals surface area contributed by atoms with Crippen molar-refractivity contribution in [1.29, 1.82) is 0 Å². The van der Waals surface area contributed by atoms with Crippen LogP contribution in [0.3, 0.4) is 0 Å². The van der Waals surface area contributed by atoms with Crippen molar-refractivity contribution < 1.29 is 78.0 Å². The first kappa shape index (κ1) is 75.2. The Morgan fingerprint density at radius 1 is 0.432 bits per heavy atom. The van der Waals surface area contributed by atoms with Crippen LogP contribution in [0.1, 0.15) is 89.0 Å². The Morgan fingerprint density at radius 2 is 0.863 bits per heavy atom. The van der Waals surface area contributed by atoms with Gasteiger partial charge in [0.15, 0.2) is 6.04 Å². The molecule has 5 aromatic rings. The Hall–Kier alpha value is -10.5. The molecule has 28 nitrogen and oxygen atoms in total. The molecule has 19 N–H and O–H groups in total. The number of phenols is 2. The highest BCUT2D eigenvalue weighted by Crippen LogP contribution is 2.22. The van der Waals surface area contributed by atoms with Gasteiger partial charge in [0.05, 0.1) is 25.1 Å². The molecule has 10 atom stereocenters. The molecule has 11 amide bonds. The maximum absolute atomic E-state index is 14.9. The van der Waals surface area contributed by atoms with Gasteiger partial charge < -0.3 is 85.5 Å². The molecule has 0 radical (unpaired) electrons. The fourth-order valence-corrected chi connectivity index (χ4v) is 10.2. The van der Waals surface area contributed by atoms with Gasteiger partial charge in [-0.25, -0.2) is 4.79 Å². The molecular weight excluding hydrogens is 1230 g/mol. The van der Waals surface area contributed by atoms with Crippen molar-refractivity contribution >= 4 is 81.7 Å². The fourth-order valence-electron chi connectivity index (χ4n) is 10.2. The summed E-state index contributed by atoms with van der Waals surface area (Å²) in [6.45, 7) is 7.46. The maximum Gasteiger partial charge on any atom is 0.328 e. The molecule has 0 saturated carbocycles. The van der Waals surface area contributed by atoms with Crippen LogP contribution < -0.4 is 65.1 Å². The molecule has 0 fully saturated rings. The maximum atomic E-state index is 14.9. The van der Waals surface area contributed by atoms with E-state index in [4.69, 9.17) is 17.2 Å². The van der Waals surface area contributed by atoms with Crippen molar-refractivity contribution in [3.63, 3.8) is 0 Å². The number of phenolic OH excluding ortho intramolecular Hbond substituents is 2. The van der Waals surface area contributed by atoms with E-state index in [9.17, 15) is 78.0 Å². The molecule has 5 rings (SSSR count). The Kier molecular flexibility index (Phi) is 29.1. The Bertz CT molecular complexity index is 3490. The van der Waals surface area contributed by atoms with Gasteiger partial charge in [0.1, 0.15) is 53.8 Å². The smallest absolute Gasteiger partial charge is 0.328 e. The van der Waals surface area contributed by atoms with E-state index in [0.717, 1.165) is 12.3 Å². The average molecular weight is 1320 g/mol. The predicted molar refractivity (Wildman–Crippen MR) is 348 cm³/mol. The number of primary amides is 2. The quantitative estimate of drug-likeness (QED) is 0.0239. The van der Waals surface area contributed by atoms with Gasteiger partial charge in [-0.3, -0.25) is 52.7 Å². The molecule has 0 aliphatic carbocycles. The monoisotopic (exact) mass is 1310 g/mol. The summed E-state index contributed by atoms with van der Waals surface area (Å²) in [7, 11) is 0. The summed E-state index contributed by atoms with van der Waals surface area (Å²) in [5.41, 5.74) is 18.9. The zero-order valence-electron chi connectivity index (χ0n) is 53.5. The molecule has 5 aromatic carbocycles. The van der Waals surface area contributed by atoms with Gasteiger partial charge in [-0.2, -0.15) is 0 Å². The number of nitrogens with two attached hydrogens (primary N) is 3. The van der Waals surface area contributed by atoms with Gasteiger partial charge >= 0.3 is 5.97 Å². The van der Waals surface area contributed by atoms with Gasteiger partial charge in [-0.1, -0.05) is 125 Å². The van der Waals surface area contributed by atoms with Crippen molar-refractivity contribution in [1.82, 2.24) is 47.9 Å². The summed E-state index contributed by atoms with van der Waals surface area (Å²) >= 11 is 0. The van der Waals surface area contributed by atoms with Gasteiger partial charge in [-0.15, -0.1) is 0 Å². The minimum Gasteiger partial charge on any atom is -0.508 e. The summed E-state index contributed by atoms with van der Waals surface area (Å²) < 4.78 is 0. The predicted octanol–water partition coefficient (Wildman–Crippen LogP) is -0.458. The second-order valence-corrected chi connectivity index (χ2v) is 24.1. The molecule has 0 spiro atoms. The first-order chi connectivity index (χ1) is 45.0. The van der Waals surface area contributed by atoms with Crippen LogP contribution >= 0.6 is 0 Å². The second-order valence-electron chi connectivity index (χ2n) is 24.1. The van der Waals surface area contributed by atoms with Crippen LogP contribution in [0.5, 0.6) is 11.5 Å². The van der Waals surface area contributed by atoms with Crippen LogP contribution in [0.4, 0.5) is 0 Å². The number of fused-ring (bicyclic) bond motifs is 1. The number of aliphatic carboxylic acids is 1. The first-order valence-corrected chi connectivity index (χ1v) is 31.0. The number of nitrogens with one attached hydrogen (secondary N) is 9. The van der Waals surface area contributed by atoms with E-state index in [1.54, 1.807) is 74.5 Å². The number of amides is 11. The Labute approximate surface area is 549 Å². The van der Waals surface area contributed by atoms with Crippen LogP contribution in [0.25, 0.3) is 10.8 Å². The summed E-state index contributed by atoms with van der Waals surface area (Å²) in [6.07, 6.45) is -3.92. The van der Waals surface area contributed by atoms with E-state index < -0.39 is 157 Å². The highest BCUT2D eigenvalue weighted by molar-refractivity contribution is 5.99. The molecule has 28 heteroatoms. The zero-order chi connectivity index (χ0) is 70.1. The van der Waals surface area contributed by atoms with E-state index in [-0.39, 0.29) is 61.9 Å². The van der Waals surface area contributed by atoms with Gasteiger partial charge in [-0.05, 0) is 95.3 Å². The van der Waals surface area contributed by atoms with Crippen molar-refractivity contribution in [2.75, 3.05) is 6.54 Å². The number of rotatable bonds is 37. The number of hydrogen-bond acceptors (Lipinski definition) is 16. The van der Waals surface area contributed by atoms with Crippen molar-refractivity contribution in [2.45, 2.75) is 153 Å². The Balaban J connectivity index is 1.42. The van der Waals surface area contributed by atoms with Gasteiger partial charge in [0.2, 0.25) is 65.0 Å². The van der Waals surface area contributed by atoms with Crippen LogP contribution in [-0.2, 0) is 83.2 Å². The number of aliphatic hydroxyl groups excluding tert-OH is 1. The lowest BCUT2D eigenvalue weighted by Gasteiger charge is -2.28. The number of carbonyl (C=O) groups is 12. The molecule has 0 aliphatic heterocycles. The third-order valence-electron chi connectivity index (χ3n) is 15.1. The number of carbonyl (C=O) groups excluding carboxylic acids is 11. The lowest BCUT2D eigenvalue weighted by atomic mass is 9.96. The van der Waals surface area contributed by atoms with Gasteiger partial charge in [0.25, 0.3) is 0 Å². The first-order valence-electron chi connectivity index (χ1n) is 31.0. The van der Waals surface area contributed by atoms with Gasteiger partial charge in [0, 0.05) is 32.1 Å². The molecule has 95 heavy (non-hydrogen) atoms. The van der Waals surface area contributed by atoms with E-state index >= 15 is 0 Å². The molecular formula is C67H86N12O16. The molecule has 0 unspecified atom stereocenters. The highest BCUT2D eigenvalue weighted by atomic mass is 16.4. The molecule has 510 valence electrons. The summed E-state index contributed by atoms with van der Waals surface area (Å²) in [5, 5.41) is 64.5. The number of carboxylic acid groups (broad SMARTS) is 1. The summed E-state index contributed by atoms with van der Waals surface area (Å²) in [5.74, 6) is -12.5. The lowest BCUT2D eigenvalue weighted by molar-refractivity contribution is -0.145. The number of aromatic hydroxyl groups is 2. The third-order valence-corrected chi connectivity index (χ3v) is 15.1. The standard InChI is InChI=1S/C67H86N12O16/c1-36(2)28-47(68)59(86)73-54(34-56(70)84)65(92)75-50(30-39-12-7-6-8-13-39)60(87)71-35-57(85)72-48(26-27-55(69)83)61(88)76-51(31-40-18-22-44(81)23-19-40)63(90)74-49(29-37(3)4)62(89)78-53(33-43-16-11-15-42-14-9-10-17-46(42)43)64(91)77-52(32-41-20-24-45(82)25-21-41)66(93)79-58(38(5)80)67(94)95/h6-25,36-38,47-54,58,80-82H,26-35,68H2,1-5H3,(H2,69,83)(H2,70,84)(H,71,87)(H,72,85)(H,73,86)(H,74,90)(H,75,92)(H,76,88)(H,77,91)(H,78,89)(H,79,93)(H,94,95)/t38-,47+,48+,49+,50+,51+,52+,53+,54+,58+/m1/s1. The molecule has 0 aliphatic rings. The summed E-state index contributed by atoms with van der Waals surface area (Å²) in [4.78, 5) is 164. The van der Waals surface area contributed by atoms with Crippen molar-refractivity contribution in [2.24, 2.45) is 29.0 Å². The van der Waals surface area contributed by atoms with Crippen LogP contribution in [0.15, 0.2) is 121 Å². The molecule has 0 saturated heterocycles. The topological polar surface area (TPSA) is 472 Å². The normalized spacial score (nSPS) is 14.3. The van der Waals surface area contributed by atoms with E-state index in [1.807, 2.05) is 26.0 Å². The second kappa shape index (κ2) is 36.7. The molecule has 0 heterocycles. The lowest BCUT2D eigenvalue weighted by Crippen LogP contribution is -2.61. The number of aliphatic hydroxyl groups is 1. The Morgan fingerprint density at radius 3 is 1.37 bits per heavy atom. The molecule has 0 aromatic heterocycles. The van der Waals surface area contributed by atoms with Crippen LogP contribution in [-0.4, -0.2) is 158 Å². The largest absolute Gasteiger partial charge is 0.508 e. The number of hydrogen-bond donors (Lipinski definition) is 16. The average Bonchev–Trinajstić information content (AvgIpc) is 1.64. The van der Waals surface area contributed by atoms with E-state index in [0.29, 0.717) is 27.6 Å². The minimum absolute atomic E-state index is 0.00100. The number of carboxylic acids is 1. The highest BCUT2D eigenvalue weighted by Gasteiger charge is 2.36. The fraction of sp³-hybridized carbons (Fsp3) is 0.403. The van der Waals surface area contributed by atoms with Crippen LogP contribution in [0.2, 0.25) is 0 Å². The van der Waals surface area contributed by atoms with E-state index in [2.05, 4.69) is 47.9 Å². The van der Waals surface area contributed by atoms with E-state index in [1.165, 1.54) is 48.5 Å². The van der Waals surface area contributed by atoms with Crippen molar-refractivity contribution in [3.8, 4) is 11.5 Å². The zero-order valence-corrected chi connectivity index (χ0v) is 53.5. The molecule has 0 bridgehead atoms. The third kappa shape index (κ3) is 25.2. The van der Waals surface area contributed by atoms with Crippen molar-refractivity contribution in [3.05, 3.63) is 144 Å². The SMILES string of the molecule is CC(C)C[C@H](NC(=O)[C@H](Cc1ccc(O)cc1)NC(=O)[C@H](CCC(N)=O)NC(=O)CNC(=O)[C@H](Cc1ccccc1)NC(=O)[C@H](CC(N)=O)NC(=O)[C@@H](N)CC(C)C)C(=O)N[C@@H](Cc1cccc2ccccc12)C(=O)N[C@@H](Cc1ccc(O)cc1)C(=O)N[C@H](C(=O)O)[C@@H](C)O. The van der Waals surface area contributed by atoms with Crippen LogP contribution in [0, 0.1) is 11.8 Å². The minimum atomic E-state index is -1.80. The summed E-state index contributed by atoms with van der Waals surface area (Å²) in [6, 6.07) is 18.4.